The lowest BCUT2D eigenvalue weighted by molar-refractivity contribution is 0.547. The number of aromatic amines is 1. The van der Waals surface area contributed by atoms with Crippen LogP contribution in [-0.4, -0.2) is 20.9 Å². The number of nitrogens with zero attached hydrogens (tertiary/aromatic N) is 2. The molecule has 0 saturated carbocycles. The summed E-state index contributed by atoms with van der Waals surface area (Å²) in [5.41, 5.74) is 3.06. The van der Waals surface area contributed by atoms with E-state index >= 15 is 0 Å². The Labute approximate surface area is 89.1 Å². The molecule has 2 N–H and O–H groups in total. The lowest BCUT2D eigenvalue weighted by atomic mass is 10.0. The SMILES string of the molecule is CCC(C)(C)Nc1ccc2[nH]nnc2c1. The van der Waals surface area contributed by atoms with Crippen LogP contribution < -0.4 is 5.32 Å². The highest BCUT2D eigenvalue weighted by atomic mass is 15.3. The summed E-state index contributed by atoms with van der Waals surface area (Å²) in [6.45, 7) is 6.53. The fourth-order valence-electron chi connectivity index (χ4n) is 1.40. The van der Waals surface area contributed by atoms with Crippen molar-refractivity contribution < 1.29 is 0 Å². The number of nitrogens with one attached hydrogen (secondary N) is 2. The molecule has 15 heavy (non-hydrogen) atoms. The Morgan fingerprint density at radius 1 is 1.40 bits per heavy atom. The lowest BCUT2D eigenvalue weighted by Crippen LogP contribution is -2.29. The highest BCUT2D eigenvalue weighted by molar-refractivity contribution is 5.78. The lowest BCUT2D eigenvalue weighted by Gasteiger charge is -2.25. The second-order valence-corrected chi connectivity index (χ2v) is 4.41. The zero-order valence-corrected chi connectivity index (χ0v) is 9.33. The average molecular weight is 204 g/mol. The first kappa shape index (κ1) is 9.96. The van der Waals surface area contributed by atoms with Gasteiger partial charge in [-0.2, -0.15) is 0 Å². The molecule has 0 atom stereocenters. The molecule has 4 heteroatoms. The van der Waals surface area contributed by atoms with Crippen molar-refractivity contribution >= 4 is 16.7 Å². The maximum absolute atomic E-state index is 3.99. The third-order valence-electron chi connectivity index (χ3n) is 2.69. The molecule has 80 valence electrons. The Kier molecular flexibility index (Phi) is 2.34. The number of anilines is 1. The number of hydrogen-bond donors (Lipinski definition) is 2. The van der Waals surface area contributed by atoms with Crippen LogP contribution >= 0.6 is 0 Å². The predicted octanol–water partition coefficient (Wildman–Crippen LogP) is 2.56. The molecule has 1 heterocycles. The Morgan fingerprint density at radius 3 is 2.93 bits per heavy atom. The van der Waals surface area contributed by atoms with Gasteiger partial charge in [-0.15, -0.1) is 5.10 Å². The molecular weight excluding hydrogens is 188 g/mol. The van der Waals surface area contributed by atoms with E-state index < -0.39 is 0 Å². The van der Waals surface area contributed by atoms with E-state index in [2.05, 4.69) is 41.5 Å². The van der Waals surface area contributed by atoms with Crippen LogP contribution in [0.1, 0.15) is 27.2 Å². The van der Waals surface area contributed by atoms with Crippen LogP contribution in [0, 0.1) is 0 Å². The number of aromatic nitrogens is 3. The monoisotopic (exact) mass is 204 g/mol. The maximum Gasteiger partial charge on any atom is 0.114 e. The molecule has 2 rings (SSSR count). The van der Waals surface area contributed by atoms with Gasteiger partial charge in [-0.3, -0.25) is 5.10 Å². The van der Waals surface area contributed by atoms with Crippen LogP contribution in [-0.2, 0) is 0 Å². The molecule has 0 aliphatic heterocycles. The Balaban J connectivity index is 2.28. The van der Waals surface area contributed by atoms with Gasteiger partial charge in [0.25, 0.3) is 0 Å². The third-order valence-corrected chi connectivity index (χ3v) is 2.69. The van der Waals surface area contributed by atoms with Gasteiger partial charge >= 0.3 is 0 Å². The van der Waals surface area contributed by atoms with Crippen LogP contribution in [0.15, 0.2) is 18.2 Å². The van der Waals surface area contributed by atoms with Crippen LogP contribution in [0.2, 0.25) is 0 Å². The van der Waals surface area contributed by atoms with Crippen molar-refractivity contribution in [2.24, 2.45) is 0 Å². The molecule has 1 aromatic heterocycles. The molecule has 0 bridgehead atoms. The Bertz CT molecular complexity index is 458. The normalized spacial score (nSPS) is 11.9. The molecule has 0 amide bonds. The molecule has 0 unspecified atom stereocenters. The Morgan fingerprint density at radius 2 is 2.20 bits per heavy atom. The van der Waals surface area contributed by atoms with Gasteiger partial charge in [0, 0.05) is 11.2 Å². The molecule has 1 aromatic carbocycles. The smallest absolute Gasteiger partial charge is 0.114 e. The first-order valence-corrected chi connectivity index (χ1v) is 5.20. The summed E-state index contributed by atoms with van der Waals surface area (Å²) in [6, 6.07) is 6.04. The summed E-state index contributed by atoms with van der Waals surface area (Å²) in [4.78, 5) is 0. The summed E-state index contributed by atoms with van der Waals surface area (Å²) in [6.07, 6.45) is 1.07. The van der Waals surface area contributed by atoms with Crippen LogP contribution in [0.5, 0.6) is 0 Å². The zero-order valence-electron chi connectivity index (χ0n) is 9.33. The standard InChI is InChI=1S/C11H16N4/c1-4-11(2,3)12-8-5-6-9-10(7-8)14-15-13-9/h5-7,12H,4H2,1-3H3,(H,13,14,15). The van der Waals surface area contributed by atoms with Gasteiger partial charge < -0.3 is 5.32 Å². The number of H-pyrrole nitrogens is 1. The van der Waals surface area contributed by atoms with E-state index in [0.29, 0.717) is 0 Å². The van der Waals surface area contributed by atoms with Crippen molar-refractivity contribution in [1.82, 2.24) is 15.4 Å². The molecular formula is C11H16N4. The molecule has 4 nitrogen and oxygen atoms in total. The van der Waals surface area contributed by atoms with Crippen LogP contribution in [0.3, 0.4) is 0 Å². The van der Waals surface area contributed by atoms with E-state index in [4.69, 9.17) is 0 Å². The average Bonchev–Trinajstić information content (AvgIpc) is 2.64. The second-order valence-electron chi connectivity index (χ2n) is 4.41. The maximum atomic E-state index is 3.99. The molecule has 0 aliphatic rings. The van der Waals surface area contributed by atoms with Crippen molar-refractivity contribution in [2.75, 3.05) is 5.32 Å². The minimum Gasteiger partial charge on any atom is -0.380 e. The molecule has 0 saturated heterocycles. The quantitative estimate of drug-likeness (QED) is 0.807. The number of rotatable bonds is 3. The van der Waals surface area contributed by atoms with Gasteiger partial charge in [-0.05, 0) is 38.5 Å². The first-order valence-electron chi connectivity index (χ1n) is 5.20. The van der Waals surface area contributed by atoms with Crippen molar-refractivity contribution in [1.29, 1.82) is 0 Å². The molecule has 2 aromatic rings. The molecule has 0 fully saturated rings. The van der Waals surface area contributed by atoms with Gasteiger partial charge in [0.2, 0.25) is 0 Å². The van der Waals surface area contributed by atoms with Gasteiger partial charge in [0.1, 0.15) is 5.52 Å². The summed E-state index contributed by atoms with van der Waals surface area (Å²) >= 11 is 0. The molecule has 0 spiro atoms. The van der Waals surface area contributed by atoms with E-state index in [1.54, 1.807) is 0 Å². The summed E-state index contributed by atoms with van der Waals surface area (Å²) in [7, 11) is 0. The summed E-state index contributed by atoms with van der Waals surface area (Å²) < 4.78 is 0. The van der Waals surface area contributed by atoms with Crippen LogP contribution in [0.25, 0.3) is 11.0 Å². The zero-order chi connectivity index (χ0) is 10.9. The molecule has 0 aliphatic carbocycles. The first-order chi connectivity index (χ1) is 7.11. The molecule has 0 radical (unpaired) electrons. The van der Waals surface area contributed by atoms with Crippen molar-refractivity contribution in [3.8, 4) is 0 Å². The third kappa shape index (κ3) is 2.09. The highest BCUT2D eigenvalue weighted by Gasteiger charge is 2.14. The van der Waals surface area contributed by atoms with E-state index in [0.717, 1.165) is 23.1 Å². The highest BCUT2D eigenvalue weighted by Crippen LogP contribution is 2.20. The van der Waals surface area contributed by atoms with Gasteiger partial charge in [-0.1, -0.05) is 12.1 Å². The van der Waals surface area contributed by atoms with Gasteiger partial charge in [-0.25, -0.2) is 0 Å². The van der Waals surface area contributed by atoms with Crippen molar-refractivity contribution in [3.63, 3.8) is 0 Å². The summed E-state index contributed by atoms with van der Waals surface area (Å²) in [5.74, 6) is 0. The van der Waals surface area contributed by atoms with Gasteiger partial charge in [0.15, 0.2) is 0 Å². The topological polar surface area (TPSA) is 53.6 Å². The minimum absolute atomic E-state index is 0.109. The van der Waals surface area contributed by atoms with E-state index in [1.807, 2.05) is 18.2 Å². The number of benzene rings is 1. The number of hydrogen-bond acceptors (Lipinski definition) is 3. The fraction of sp³-hybridized carbons (Fsp3) is 0.455. The van der Waals surface area contributed by atoms with E-state index in [-0.39, 0.29) is 5.54 Å². The fourth-order valence-corrected chi connectivity index (χ4v) is 1.40. The van der Waals surface area contributed by atoms with Crippen molar-refractivity contribution in [2.45, 2.75) is 32.7 Å². The number of fused-ring (bicyclic) bond motifs is 1. The minimum atomic E-state index is 0.109. The van der Waals surface area contributed by atoms with E-state index in [1.165, 1.54) is 0 Å². The Hall–Kier alpha value is -1.58. The largest absolute Gasteiger partial charge is 0.380 e. The predicted molar refractivity (Wildman–Crippen MR) is 61.9 cm³/mol. The van der Waals surface area contributed by atoms with Crippen LogP contribution in [0.4, 0.5) is 5.69 Å². The van der Waals surface area contributed by atoms with E-state index in [9.17, 15) is 0 Å². The van der Waals surface area contributed by atoms with Crippen molar-refractivity contribution in [3.05, 3.63) is 18.2 Å². The van der Waals surface area contributed by atoms with Gasteiger partial charge in [0.05, 0.1) is 5.52 Å². The summed E-state index contributed by atoms with van der Waals surface area (Å²) in [5, 5.41) is 14.0. The second kappa shape index (κ2) is 3.53.